The van der Waals surface area contributed by atoms with Crippen molar-refractivity contribution in [2.45, 2.75) is 232 Å². The topological polar surface area (TPSA) is 38.7 Å². The number of aliphatic hydroxyl groups is 1. The zero-order valence-corrected chi connectivity index (χ0v) is 36.9. The monoisotopic (exact) mass is 786 g/mol. The second kappa shape index (κ2) is 42.5. The maximum Gasteiger partial charge on any atom is 0.219 e. The van der Waals surface area contributed by atoms with E-state index in [1.165, 1.54) is 167 Å². The molecule has 2 atom stereocenters. The van der Waals surface area contributed by atoms with E-state index in [9.17, 15) is 5.11 Å². The summed E-state index contributed by atoms with van der Waals surface area (Å²) >= 11 is 0. The van der Waals surface area contributed by atoms with Crippen molar-refractivity contribution >= 4 is 0 Å². The normalized spacial score (nSPS) is 13.4. The lowest BCUT2D eigenvalue weighted by molar-refractivity contribution is -0.941. The minimum atomic E-state index is 0. The first-order chi connectivity index (χ1) is 24.5. The lowest BCUT2D eigenvalue weighted by Gasteiger charge is -2.40. The molecule has 0 aromatic heterocycles. The number of likely N-dealkylation sites (N-methyl/N-ethyl adjacent to an activating group) is 1. The first-order valence-corrected chi connectivity index (χ1v) is 22.5. The number of nitrogens with zero attached hydrogens (tertiary/aromatic N) is 1. The Balaban J connectivity index is 0. The molecule has 0 heterocycles. The Hall–Kier alpha value is -0.200. The van der Waals surface area contributed by atoms with Crippen LogP contribution in [0.3, 0.4) is 0 Å². The lowest BCUT2D eigenvalue weighted by atomic mass is 10.1. The van der Waals surface area contributed by atoms with E-state index in [-0.39, 0.29) is 29.3 Å². The molecule has 1 N–H and O–H groups in total. The van der Waals surface area contributed by atoms with Gasteiger partial charge in [0.2, 0.25) is 6.23 Å². The minimum Gasteiger partial charge on any atom is -1.00 e. The molecule has 0 fully saturated rings. The fraction of sp³-hybridized carbons (Fsp3) is 0.913. The van der Waals surface area contributed by atoms with E-state index in [4.69, 9.17) is 9.47 Å². The van der Waals surface area contributed by atoms with Crippen molar-refractivity contribution in [3.63, 3.8) is 0 Å². The fourth-order valence-corrected chi connectivity index (χ4v) is 7.10. The molecule has 2 unspecified atom stereocenters. The molecule has 0 bridgehead atoms. The highest BCUT2D eigenvalue weighted by Gasteiger charge is 2.34. The van der Waals surface area contributed by atoms with E-state index in [0.29, 0.717) is 6.61 Å². The van der Waals surface area contributed by atoms with Gasteiger partial charge in [-0.15, -0.1) is 0 Å². The summed E-state index contributed by atoms with van der Waals surface area (Å²) in [5.41, 5.74) is 0. The van der Waals surface area contributed by atoms with Crippen LogP contribution in [0, 0.1) is 0 Å². The standard InChI is InChI=1S/C46H92NO3.BrH/c1-6-8-10-12-14-16-18-20-22-24-26-28-30-32-34-39-43-49-45(3)46(47(4,5)41-37-36-38-42-48)50-44-40-35-33-31-29-27-25-23-21-19-17-15-13-11-9-7-2;/h20-23,45-46,48H,6-19,24-44H2,1-5H3;1H/q+1;/p-1/b22-20-,23-21-;. The van der Waals surface area contributed by atoms with E-state index in [1.54, 1.807) is 0 Å². The highest BCUT2D eigenvalue weighted by molar-refractivity contribution is 4.82. The summed E-state index contributed by atoms with van der Waals surface area (Å²) in [5.74, 6) is 0. The van der Waals surface area contributed by atoms with Crippen LogP contribution in [0.2, 0.25) is 0 Å². The van der Waals surface area contributed by atoms with Crippen LogP contribution in [0.1, 0.15) is 220 Å². The molecule has 4 nitrogen and oxygen atoms in total. The SMILES string of the molecule is CCCCCCCC/C=C\CCCCCCCCOC(C)C(OCCCCCCCC/C=C\CCCCCCCC)[N+](C)(C)CCCCCO.[Br-]. The van der Waals surface area contributed by atoms with Crippen LogP contribution in [0.25, 0.3) is 0 Å². The Kier molecular flexibility index (Phi) is 44.1. The van der Waals surface area contributed by atoms with Gasteiger partial charge < -0.3 is 36.0 Å². The molecule has 0 saturated carbocycles. The minimum absolute atomic E-state index is 0. The molecule has 0 radical (unpaired) electrons. The van der Waals surface area contributed by atoms with Crippen molar-refractivity contribution in [3.8, 4) is 0 Å². The molecule has 0 spiro atoms. The molecule has 0 aromatic rings. The summed E-state index contributed by atoms with van der Waals surface area (Å²) in [7, 11) is 4.60. The molecule has 0 aliphatic heterocycles. The van der Waals surface area contributed by atoms with Gasteiger partial charge in [-0.1, -0.05) is 154 Å². The molecule has 0 aromatic carbocycles. The van der Waals surface area contributed by atoms with Crippen LogP contribution < -0.4 is 17.0 Å². The zero-order valence-electron chi connectivity index (χ0n) is 35.3. The third-order valence-electron chi connectivity index (χ3n) is 10.5. The van der Waals surface area contributed by atoms with Crippen molar-refractivity contribution in [2.75, 3.05) is 40.5 Å². The molecular weight excluding hydrogens is 694 g/mol. The predicted molar refractivity (Wildman–Crippen MR) is 222 cm³/mol. The first kappa shape index (κ1) is 52.9. The third-order valence-corrected chi connectivity index (χ3v) is 10.5. The van der Waals surface area contributed by atoms with E-state index in [2.05, 4.69) is 59.2 Å². The fourth-order valence-electron chi connectivity index (χ4n) is 7.10. The summed E-state index contributed by atoms with van der Waals surface area (Å²) < 4.78 is 13.9. The van der Waals surface area contributed by atoms with Gasteiger partial charge in [0.25, 0.3) is 0 Å². The van der Waals surface area contributed by atoms with Crippen molar-refractivity contribution in [1.29, 1.82) is 0 Å². The van der Waals surface area contributed by atoms with Crippen molar-refractivity contribution in [1.82, 2.24) is 0 Å². The molecule has 0 rings (SSSR count). The van der Waals surface area contributed by atoms with Crippen molar-refractivity contribution in [2.24, 2.45) is 0 Å². The molecule has 0 aliphatic carbocycles. The second-order valence-corrected chi connectivity index (χ2v) is 16.0. The van der Waals surface area contributed by atoms with E-state index < -0.39 is 0 Å². The summed E-state index contributed by atoms with van der Waals surface area (Å²) in [6.07, 6.45) is 50.2. The Labute approximate surface area is 331 Å². The number of hydrogen-bond acceptors (Lipinski definition) is 3. The van der Waals surface area contributed by atoms with Gasteiger partial charge in [0.1, 0.15) is 6.10 Å². The smallest absolute Gasteiger partial charge is 0.219 e. The van der Waals surface area contributed by atoms with Crippen LogP contribution in [-0.2, 0) is 9.47 Å². The molecule has 0 saturated heterocycles. The van der Waals surface area contributed by atoms with Crippen molar-refractivity contribution < 1.29 is 36.0 Å². The number of unbranched alkanes of at least 4 members (excludes halogenated alkanes) is 26. The van der Waals surface area contributed by atoms with Gasteiger partial charge in [-0.2, -0.15) is 0 Å². The maximum absolute atomic E-state index is 9.23. The second-order valence-electron chi connectivity index (χ2n) is 16.0. The lowest BCUT2D eigenvalue weighted by Crippen LogP contribution is -3.00. The highest BCUT2D eigenvalue weighted by atomic mass is 79.9. The van der Waals surface area contributed by atoms with Crippen LogP contribution in [0.15, 0.2) is 24.3 Å². The van der Waals surface area contributed by atoms with E-state index in [0.717, 1.165) is 56.3 Å². The number of halogens is 1. The third kappa shape index (κ3) is 37.9. The van der Waals surface area contributed by atoms with Gasteiger partial charge in [0.05, 0.1) is 27.2 Å². The number of rotatable bonds is 41. The Morgan fingerprint density at radius 1 is 0.451 bits per heavy atom. The van der Waals surface area contributed by atoms with Gasteiger partial charge in [-0.25, -0.2) is 0 Å². The molecular formula is C46H92BrNO3. The zero-order chi connectivity index (χ0) is 36.6. The highest BCUT2D eigenvalue weighted by Crippen LogP contribution is 2.19. The van der Waals surface area contributed by atoms with Gasteiger partial charge in [-0.05, 0) is 90.4 Å². The number of aliphatic hydroxyl groups excluding tert-OH is 1. The van der Waals surface area contributed by atoms with Crippen LogP contribution >= 0.6 is 0 Å². The van der Waals surface area contributed by atoms with Gasteiger partial charge >= 0.3 is 0 Å². The summed E-state index contributed by atoms with van der Waals surface area (Å²) in [4.78, 5) is 0. The van der Waals surface area contributed by atoms with Gasteiger partial charge in [0, 0.05) is 13.2 Å². The van der Waals surface area contributed by atoms with E-state index in [1.807, 2.05) is 0 Å². The first-order valence-electron chi connectivity index (χ1n) is 22.5. The number of ether oxygens (including phenoxy) is 2. The van der Waals surface area contributed by atoms with Gasteiger partial charge in [0.15, 0.2) is 0 Å². The quantitative estimate of drug-likeness (QED) is 0.0290. The Bertz CT molecular complexity index is 713. The van der Waals surface area contributed by atoms with Gasteiger partial charge in [-0.3, -0.25) is 0 Å². The summed E-state index contributed by atoms with van der Waals surface area (Å²) in [6, 6.07) is 0. The average Bonchev–Trinajstić information content (AvgIpc) is 3.10. The van der Waals surface area contributed by atoms with Crippen LogP contribution in [-0.4, -0.2) is 62.4 Å². The number of quaternary nitrogens is 1. The summed E-state index contributed by atoms with van der Waals surface area (Å²) in [5, 5.41) is 9.23. The largest absolute Gasteiger partial charge is 1.00 e. The molecule has 0 aliphatic rings. The molecule has 5 heteroatoms. The van der Waals surface area contributed by atoms with E-state index >= 15 is 0 Å². The predicted octanol–water partition coefficient (Wildman–Crippen LogP) is 11.1. The van der Waals surface area contributed by atoms with Crippen LogP contribution in [0.4, 0.5) is 0 Å². The Morgan fingerprint density at radius 2 is 0.784 bits per heavy atom. The molecule has 0 amide bonds. The average molecular weight is 787 g/mol. The summed E-state index contributed by atoms with van der Waals surface area (Å²) in [6.45, 7) is 9.81. The Morgan fingerprint density at radius 3 is 1.18 bits per heavy atom. The molecule has 306 valence electrons. The number of allylic oxidation sites excluding steroid dienone is 4. The van der Waals surface area contributed by atoms with Crippen molar-refractivity contribution in [3.05, 3.63) is 24.3 Å². The maximum atomic E-state index is 9.23. The number of hydrogen-bond donors (Lipinski definition) is 1. The van der Waals surface area contributed by atoms with Crippen LogP contribution in [0.5, 0.6) is 0 Å². The molecule has 51 heavy (non-hydrogen) atoms.